The molecule has 19 nitrogen and oxygen atoms in total. The van der Waals surface area contributed by atoms with Crippen LogP contribution < -0.4 is 26.6 Å². The number of aryl methyl sites for hydroxylation is 2. The molecule has 4 fully saturated rings. The average molecular weight is 1080 g/mol. The summed E-state index contributed by atoms with van der Waals surface area (Å²) in [5.41, 5.74) is 1.96. The van der Waals surface area contributed by atoms with E-state index in [4.69, 9.17) is 14.6 Å². The summed E-state index contributed by atoms with van der Waals surface area (Å²) >= 11 is 0. The molecule has 412 valence electrons. The zero-order chi connectivity index (χ0) is 54.1. The maximum absolute atomic E-state index is 13.9. The van der Waals surface area contributed by atoms with Crippen LogP contribution in [-0.4, -0.2) is 107 Å². The van der Waals surface area contributed by atoms with Gasteiger partial charge in [0.15, 0.2) is 23.3 Å². The lowest BCUT2D eigenvalue weighted by Crippen LogP contribution is -2.46. The number of carbonyl (C=O) groups excluding carboxylic acids is 7. The van der Waals surface area contributed by atoms with Crippen LogP contribution in [0.3, 0.4) is 0 Å². The van der Waals surface area contributed by atoms with Crippen LogP contribution in [-0.2, 0) is 52.7 Å². The zero-order valence-corrected chi connectivity index (χ0v) is 41.2. The Hall–Kier alpha value is -8.08. The predicted octanol–water partition coefficient (Wildman–Crippen LogP) is 8.28. The van der Waals surface area contributed by atoms with Gasteiger partial charge in [-0.3, -0.25) is 19.2 Å². The molecular weight excluding hydrogens is 1010 g/mol. The molecular formula is C54H62F4N8O11. The van der Waals surface area contributed by atoms with Crippen molar-refractivity contribution in [2.75, 3.05) is 37.8 Å². The Bertz CT molecular complexity index is 3000. The Kier molecular flexibility index (Phi) is 17.7. The number of carbonyl (C=O) groups is 8. The van der Waals surface area contributed by atoms with E-state index in [0.29, 0.717) is 64.7 Å². The minimum Gasteiger partial charge on any atom is -0.480 e. The molecule has 0 bridgehead atoms. The zero-order valence-electron chi connectivity index (χ0n) is 41.2. The Morgan fingerprint density at radius 3 is 1.57 bits per heavy atom. The number of anilines is 2. The fourth-order valence-corrected chi connectivity index (χ4v) is 10.6. The van der Waals surface area contributed by atoms with Gasteiger partial charge in [-0.25, -0.2) is 46.5 Å². The van der Waals surface area contributed by atoms with Crippen molar-refractivity contribution in [3.63, 3.8) is 0 Å². The van der Waals surface area contributed by atoms with Gasteiger partial charge in [-0.05, 0) is 123 Å². The molecule has 0 radical (unpaired) electrons. The standard InChI is InChI=1S/C26H26F2N4O5.C15H15N3O6.C11H13F2N.2CH4/c1-14-3-8-21(16-4-7-19(27)20(28)12-16)32(14)22(33)13-31-23(34)26(37-25(31)36)10-9-15-11-17(5-6-18(15)26)30-24(35)29-2;1-16-13(22)17-9-2-3-10-8(6-9)4-5-15(10)12(21)18(7-11(19)20)14(23)24-15;1-7-2-5-11(14-7)8-3-4-9(12)10(13)6-8;;/h4-7,11-12,14,21H,3,8-10,13H2,1-2H3,(H2,29,30,35);2-3,6H,4-5,7H2,1H3,(H,19,20)(H2,16,17,22);3-4,6-7,11,14H,2,5H2,1H3;2*1H4/t14-,21?,26+;15-;7-,11+;;/m010../s1. The van der Waals surface area contributed by atoms with E-state index in [9.17, 15) is 55.9 Å². The van der Waals surface area contributed by atoms with Crippen molar-refractivity contribution in [1.29, 1.82) is 0 Å². The molecule has 0 saturated carbocycles. The second kappa shape index (κ2) is 23.4. The summed E-state index contributed by atoms with van der Waals surface area (Å²) < 4.78 is 63.8. The van der Waals surface area contributed by atoms with Crippen LogP contribution in [0.4, 0.5) is 48.1 Å². The molecule has 10 rings (SSSR count). The number of ether oxygens (including phenoxy) is 2. The van der Waals surface area contributed by atoms with Crippen molar-refractivity contribution in [2.45, 2.75) is 115 Å². The molecule has 4 saturated heterocycles. The Morgan fingerprint density at radius 1 is 0.636 bits per heavy atom. The van der Waals surface area contributed by atoms with E-state index >= 15 is 0 Å². The van der Waals surface area contributed by atoms with Crippen LogP contribution in [0.1, 0.15) is 113 Å². The normalized spacial score (nSPS) is 23.4. The van der Waals surface area contributed by atoms with Crippen LogP contribution in [0.15, 0.2) is 72.8 Å². The number of nitrogens with one attached hydrogen (secondary N) is 5. The molecule has 6 N–H and O–H groups in total. The number of fused-ring (bicyclic) bond motifs is 4. The molecule has 4 aromatic rings. The molecule has 1 unspecified atom stereocenters. The molecule has 4 heterocycles. The van der Waals surface area contributed by atoms with Gasteiger partial charge in [0.2, 0.25) is 17.1 Å². The number of likely N-dealkylation sites (tertiary alicyclic amines) is 1. The molecule has 2 aliphatic carbocycles. The molecule has 6 aliphatic rings. The number of hydrogen-bond acceptors (Lipinski definition) is 11. The highest BCUT2D eigenvalue weighted by atomic mass is 19.2. The second-order valence-electron chi connectivity index (χ2n) is 19.0. The lowest BCUT2D eigenvalue weighted by Gasteiger charge is -2.30. The van der Waals surface area contributed by atoms with E-state index in [1.807, 2.05) is 6.92 Å². The number of halogens is 4. The molecule has 4 aromatic carbocycles. The van der Waals surface area contributed by atoms with Crippen molar-refractivity contribution in [2.24, 2.45) is 0 Å². The molecule has 4 aliphatic heterocycles. The number of urea groups is 2. The second-order valence-corrected chi connectivity index (χ2v) is 19.0. The number of carboxylic acids is 1. The highest BCUT2D eigenvalue weighted by Crippen LogP contribution is 2.48. The third-order valence-electron chi connectivity index (χ3n) is 14.3. The monoisotopic (exact) mass is 1070 g/mol. The highest BCUT2D eigenvalue weighted by molar-refractivity contribution is 6.07. The quantitative estimate of drug-likeness (QED) is 0.0913. The summed E-state index contributed by atoms with van der Waals surface area (Å²) in [6.07, 6.45) is 2.77. The largest absolute Gasteiger partial charge is 0.480 e. The molecule has 0 aromatic heterocycles. The summed E-state index contributed by atoms with van der Waals surface area (Å²) in [4.78, 5) is 101. The maximum atomic E-state index is 13.9. The number of amides is 9. The van der Waals surface area contributed by atoms with E-state index in [-0.39, 0.29) is 45.8 Å². The Balaban J connectivity index is 0.000000205. The average Bonchev–Trinajstić information content (AvgIpc) is 4.32. The number of carboxylic acid groups (broad SMARTS) is 1. The number of nitrogens with zero attached hydrogens (tertiary/aromatic N) is 3. The van der Waals surface area contributed by atoms with E-state index < -0.39 is 95.5 Å². The van der Waals surface area contributed by atoms with Gasteiger partial charge in [0.05, 0.1) is 6.04 Å². The van der Waals surface area contributed by atoms with Gasteiger partial charge in [0.1, 0.15) is 13.1 Å². The van der Waals surface area contributed by atoms with Crippen LogP contribution in [0.25, 0.3) is 0 Å². The van der Waals surface area contributed by atoms with Crippen molar-refractivity contribution in [3.05, 3.63) is 129 Å². The number of imide groups is 2. The van der Waals surface area contributed by atoms with Crippen LogP contribution in [0, 0.1) is 23.3 Å². The fourth-order valence-electron chi connectivity index (χ4n) is 10.6. The molecule has 2 spiro atoms. The predicted molar refractivity (Wildman–Crippen MR) is 272 cm³/mol. The van der Waals surface area contributed by atoms with Gasteiger partial charge < -0.3 is 46.1 Å². The third kappa shape index (κ3) is 11.5. The first kappa shape index (κ1) is 58.2. The first-order valence-corrected chi connectivity index (χ1v) is 24.2. The lowest BCUT2D eigenvalue weighted by atomic mass is 9.94. The Morgan fingerprint density at radius 2 is 1.12 bits per heavy atom. The molecule has 23 heteroatoms. The van der Waals surface area contributed by atoms with Crippen molar-refractivity contribution >= 4 is 59.3 Å². The third-order valence-corrected chi connectivity index (χ3v) is 14.3. The van der Waals surface area contributed by atoms with Gasteiger partial charge in [0, 0.05) is 67.6 Å². The number of rotatable bonds is 8. The lowest BCUT2D eigenvalue weighted by molar-refractivity contribution is -0.144. The van der Waals surface area contributed by atoms with Crippen molar-refractivity contribution < 1.29 is 70.5 Å². The van der Waals surface area contributed by atoms with Crippen molar-refractivity contribution in [1.82, 2.24) is 30.7 Å². The SMILES string of the molecule is C.C.CNC(=O)Nc1ccc2c(c1)CC[C@@]21OC(=O)N(CC(=O)N2C(c3ccc(F)c(F)c3)CC[C@@H]2C)C1=O.CNC(=O)Nc1ccc2c(c1)CC[C@@]21OC(=O)N(CC(=O)O)C1=O.C[C@H]1CC[C@H](c2ccc(F)c(F)c2)N1. The fraction of sp³-hybridized carbons (Fsp3) is 0.407. The number of aliphatic carboxylic acids is 1. The highest BCUT2D eigenvalue weighted by Gasteiger charge is 2.60. The first-order valence-electron chi connectivity index (χ1n) is 24.2. The van der Waals surface area contributed by atoms with Gasteiger partial charge in [-0.15, -0.1) is 0 Å². The molecule has 6 atom stereocenters. The summed E-state index contributed by atoms with van der Waals surface area (Å²) in [7, 11) is 2.98. The van der Waals surface area contributed by atoms with E-state index in [2.05, 4.69) is 33.5 Å². The Labute approximate surface area is 442 Å². The van der Waals surface area contributed by atoms with E-state index in [1.54, 1.807) is 42.5 Å². The van der Waals surface area contributed by atoms with Crippen molar-refractivity contribution in [3.8, 4) is 0 Å². The van der Waals surface area contributed by atoms with Gasteiger partial charge >= 0.3 is 30.2 Å². The van der Waals surface area contributed by atoms with Crippen LogP contribution in [0.2, 0.25) is 0 Å². The minimum atomic E-state index is -1.52. The van der Waals surface area contributed by atoms with Gasteiger partial charge in [-0.1, -0.05) is 39.1 Å². The summed E-state index contributed by atoms with van der Waals surface area (Å²) in [5.74, 6) is -6.57. The van der Waals surface area contributed by atoms with Crippen LogP contribution >= 0.6 is 0 Å². The summed E-state index contributed by atoms with van der Waals surface area (Å²) in [5, 5.41) is 22.3. The number of hydrogen-bond donors (Lipinski definition) is 6. The van der Waals surface area contributed by atoms with Gasteiger partial charge in [-0.2, -0.15) is 0 Å². The van der Waals surface area contributed by atoms with Crippen LogP contribution in [0.5, 0.6) is 0 Å². The topological polar surface area (TPSA) is 245 Å². The summed E-state index contributed by atoms with van der Waals surface area (Å²) in [6, 6.07) is 16.7. The van der Waals surface area contributed by atoms with Gasteiger partial charge in [0.25, 0.3) is 11.8 Å². The molecule has 77 heavy (non-hydrogen) atoms. The maximum Gasteiger partial charge on any atom is 0.418 e. The summed E-state index contributed by atoms with van der Waals surface area (Å²) in [6.45, 7) is 2.68. The smallest absolute Gasteiger partial charge is 0.418 e. The van der Waals surface area contributed by atoms with E-state index in [1.165, 1.54) is 37.2 Å². The first-order chi connectivity index (χ1) is 35.7. The molecule has 9 amide bonds. The van der Waals surface area contributed by atoms with E-state index in [0.717, 1.165) is 46.6 Å². The number of benzene rings is 4. The minimum absolute atomic E-state index is 0.